The van der Waals surface area contributed by atoms with Gasteiger partial charge in [-0.05, 0) is 46.6 Å². The van der Waals surface area contributed by atoms with Crippen LogP contribution in [-0.2, 0) is 0 Å². The fraction of sp³-hybridized carbons (Fsp3) is 0.143. The number of anilines is 3. The molecule has 94 valence electrons. The van der Waals surface area contributed by atoms with Crippen molar-refractivity contribution >= 4 is 33.0 Å². The topological polar surface area (TPSA) is 47.3 Å². The molecule has 0 aliphatic carbocycles. The minimum Gasteiger partial charge on any atom is -0.497 e. The van der Waals surface area contributed by atoms with Crippen LogP contribution >= 0.6 is 15.9 Å². The number of hydrogen-bond donors (Lipinski definition) is 2. The van der Waals surface area contributed by atoms with E-state index in [2.05, 4.69) is 21.2 Å². The summed E-state index contributed by atoms with van der Waals surface area (Å²) in [5, 5.41) is 3.30. The average molecular weight is 307 g/mol. The van der Waals surface area contributed by atoms with Gasteiger partial charge >= 0.3 is 0 Å². The number of nitrogens with two attached hydrogens (primary N) is 1. The average Bonchev–Trinajstić information content (AvgIpc) is 2.37. The van der Waals surface area contributed by atoms with Crippen molar-refractivity contribution in [2.75, 3.05) is 18.2 Å². The first-order valence-electron chi connectivity index (χ1n) is 5.57. The van der Waals surface area contributed by atoms with Gasteiger partial charge in [-0.1, -0.05) is 12.1 Å². The van der Waals surface area contributed by atoms with Crippen molar-refractivity contribution in [2.45, 2.75) is 6.92 Å². The summed E-state index contributed by atoms with van der Waals surface area (Å²) in [7, 11) is 1.65. The summed E-state index contributed by atoms with van der Waals surface area (Å²) < 4.78 is 6.17. The van der Waals surface area contributed by atoms with Gasteiger partial charge in [-0.25, -0.2) is 0 Å². The van der Waals surface area contributed by atoms with Gasteiger partial charge in [-0.2, -0.15) is 0 Å². The Balaban J connectivity index is 2.36. The molecule has 2 aromatic carbocycles. The molecule has 3 N–H and O–H groups in total. The highest BCUT2D eigenvalue weighted by Gasteiger charge is 2.06. The van der Waals surface area contributed by atoms with Crippen LogP contribution in [0.4, 0.5) is 17.1 Å². The smallest absolute Gasteiger partial charge is 0.121 e. The van der Waals surface area contributed by atoms with Crippen molar-refractivity contribution in [1.82, 2.24) is 0 Å². The van der Waals surface area contributed by atoms with Crippen LogP contribution in [-0.4, -0.2) is 7.11 Å². The summed E-state index contributed by atoms with van der Waals surface area (Å²) in [6.07, 6.45) is 0. The van der Waals surface area contributed by atoms with Gasteiger partial charge in [-0.15, -0.1) is 0 Å². The Kier molecular flexibility index (Phi) is 3.77. The molecular formula is C14H15BrN2O. The number of rotatable bonds is 3. The van der Waals surface area contributed by atoms with Gasteiger partial charge in [0.1, 0.15) is 5.75 Å². The molecule has 2 rings (SSSR count). The number of methoxy groups -OCH3 is 1. The van der Waals surface area contributed by atoms with E-state index in [1.165, 1.54) is 0 Å². The van der Waals surface area contributed by atoms with E-state index in [1.54, 1.807) is 7.11 Å². The zero-order valence-corrected chi connectivity index (χ0v) is 11.9. The molecule has 2 aromatic rings. The number of benzene rings is 2. The summed E-state index contributed by atoms with van der Waals surface area (Å²) in [6.45, 7) is 1.99. The van der Waals surface area contributed by atoms with E-state index < -0.39 is 0 Å². The maximum absolute atomic E-state index is 6.04. The number of hydrogen-bond acceptors (Lipinski definition) is 3. The standard InChI is InChI=1S/C14H15BrN2O/c1-9-4-3-5-12(14(9)16)17-13-8-10(18-2)6-7-11(13)15/h3-8,17H,16H2,1-2H3. The fourth-order valence-corrected chi connectivity index (χ4v) is 2.01. The number of aryl methyl sites for hydroxylation is 1. The third kappa shape index (κ3) is 2.59. The molecular weight excluding hydrogens is 292 g/mol. The molecule has 0 aliphatic rings. The predicted molar refractivity (Wildman–Crippen MR) is 79.6 cm³/mol. The van der Waals surface area contributed by atoms with Crippen molar-refractivity contribution in [3.05, 3.63) is 46.4 Å². The third-order valence-corrected chi connectivity index (χ3v) is 3.46. The van der Waals surface area contributed by atoms with E-state index in [9.17, 15) is 0 Å². The van der Waals surface area contributed by atoms with Crippen LogP contribution in [0.5, 0.6) is 5.75 Å². The first-order valence-corrected chi connectivity index (χ1v) is 6.37. The minimum absolute atomic E-state index is 0.757. The SMILES string of the molecule is COc1ccc(Br)c(Nc2cccc(C)c2N)c1. The van der Waals surface area contributed by atoms with Gasteiger partial charge in [-0.3, -0.25) is 0 Å². The van der Waals surface area contributed by atoms with E-state index in [0.29, 0.717) is 0 Å². The van der Waals surface area contributed by atoms with E-state index in [-0.39, 0.29) is 0 Å². The first-order chi connectivity index (χ1) is 8.61. The summed E-state index contributed by atoms with van der Waals surface area (Å²) in [4.78, 5) is 0. The molecule has 0 bridgehead atoms. The Labute approximate surface area is 115 Å². The zero-order chi connectivity index (χ0) is 13.1. The van der Waals surface area contributed by atoms with E-state index in [4.69, 9.17) is 10.5 Å². The van der Waals surface area contributed by atoms with Gasteiger partial charge in [0.05, 0.1) is 24.2 Å². The molecule has 0 saturated heterocycles. The highest BCUT2D eigenvalue weighted by atomic mass is 79.9. The quantitative estimate of drug-likeness (QED) is 0.840. The maximum atomic E-state index is 6.04. The molecule has 0 atom stereocenters. The lowest BCUT2D eigenvalue weighted by Crippen LogP contribution is -1.99. The molecule has 0 unspecified atom stereocenters. The van der Waals surface area contributed by atoms with Gasteiger partial charge in [0.15, 0.2) is 0 Å². The van der Waals surface area contributed by atoms with Crippen LogP contribution in [0.15, 0.2) is 40.9 Å². The summed E-state index contributed by atoms with van der Waals surface area (Å²) in [6, 6.07) is 11.7. The summed E-state index contributed by atoms with van der Waals surface area (Å²) >= 11 is 3.50. The minimum atomic E-state index is 0.757. The molecule has 0 fully saturated rings. The zero-order valence-electron chi connectivity index (χ0n) is 10.3. The molecule has 3 nitrogen and oxygen atoms in total. The van der Waals surface area contributed by atoms with Crippen molar-refractivity contribution in [2.24, 2.45) is 0 Å². The lowest BCUT2D eigenvalue weighted by atomic mass is 10.1. The molecule has 0 aliphatic heterocycles. The van der Waals surface area contributed by atoms with Gasteiger partial charge < -0.3 is 15.8 Å². The molecule has 0 radical (unpaired) electrons. The molecule has 0 heterocycles. The Morgan fingerprint density at radius 1 is 1.17 bits per heavy atom. The number of halogens is 1. The summed E-state index contributed by atoms with van der Waals surface area (Å²) in [5.74, 6) is 0.798. The lowest BCUT2D eigenvalue weighted by molar-refractivity contribution is 0.415. The van der Waals surface area contributed by atoms with Crippen molar-refractivity contribution in [3.8, 4) is 5.75 Å². The second-order valence-electron chi connectivity index (χ2n) is 4.01. The second kappa shape index (κ2) is 5.31. The molecule has 0 spiro atoms. The number of nitrogen functional groups attached to an aromatic ring is 1. The van der Waals surface area contributed by atoms with Gasteiger partial charge in [0, 0.05) is 10.5 Å². The largest absolute Gasteiger partial charge is 0.497 e. The Morgan fingerprint density at radius 3 is 2.67 bits per heavy atom. The Bertz CT molecular complexity index is 570. The van der Waals surface area contributed by atoms with Crippen molar-refractivity contribution in [3.63, 3.8) is 0 Å². The van der Waals surface area contributed by atoms with Crippen LogP contribution in [0, 0.1) is 6.92 Å². The molecule has 0 saturated carbocycles. The highest BCUT2D eigenvalue weighted by molar-refractivity contribution is 9.10. The fourth-order valence-electron chi connectivity index (χ4n) is 1.66. The molecule has 0 amide bonds. The number of para-hydroxylation sites is 1. The monoisotopic (exact) mass is 306 g/mol. The third-order valence-electron chi connectivity index (χ3n) is 2.77. The van der Waals surface area contributed by atoms with Gasteiger partial charge in [0.2, 0.25) is 0 Å². The maximum Gasteiger partial charge on any atom is 0.121 e. The van der Waals surface area contributed by atoms with E-state index in [0.717, 1.165) is 32.8 Å². The number of nitrogens with one attached hydrogen (secondary N) is 1. The van der Waals surface area contributed by atoms with Crippen LogP contribution < -0.4 is 15.8 Å². The Morgan fingerprint density at radius 2 is 1.94 bits per heavy atom. The Hall–Kier alpha value is -1.68. The molecule has 0 aromatic heterocycles. The summed E-state index contributed by atoms with van der Waals surface area (Å²) in [5.41, 5.74) is 9.67. The van der Waals surface area contributed by atoms with Crippen LogP contribution in [0.2, 0.25) is 0 Å². The normalized spacial score (nSPS) is 10.2. The van der Waals surface area contributed by atoms with E-state index >= 15 is 0 Å². The highest BCUT2D eigenvalue weighted by Crippen LogP contribution is 2.32. The second-order valence-corrected chi connectivity index (χ2v) is 4.86. The van der Waals surface area contributed by atoms with Crippen molar-refractivity contribution in [1.29, 1.82) is 0 Å². The van der Waals surface area contributed by atoms with Crippen LogP contribution in [0.1, 0.15) is 5.56 Å². The van der Waals surface area contributed by atoms with Crippen LogP contribution in [0.25, 0.3) is 0 Å². The molecule has 18 heavy (non-hydrogen) atoms. The van der Waals surface area contributed by atoms with Crippen molar-refractivity contribution < 1.29 is 4.74 Å². The number of ether oxygens (including phenoxy) is 1. The predicted octanol–water partition coefficient (Wildman–Crippen LogP) is 4.09. The van der Waals surface area contributed by atoms with E-state index in [1.807, 2.05) is 43.3 Å². The first kappa shape index (κ1) is 12.8. The molecule has 4 heteroatoms. The van der Waals surface area contributed by atoms with Gasteiger partial charge in [0.25, 0.3) is 0 Å². The van der Waals surface area contributed by atoms with Crippen LogP contribution in [0.3, 0.4) is 0 Å². The lowest BCUT2D eigenvalue weighted by Gasteiger charge is -2.13.